The maximum absolute atomic E-state index is 11.5. The number of Topliss-reactive ketones (excluding diaryl/α,β-unsaturated/α-hetero) is 1. The molecule has 5 heteroatoms. The smallest absolute Gasteiger partial charge is 0.217 e. The van der Waals surface area contributed by atoms with Crippen molar-refractivity contribution >= 4 is 17.4 Å². The summed E-state index contributed by atoms with van der Waals surface area (Å²) in [6.45, 7) is 3.06. The molecule has 1 aromatic carbocycles. The lowest BCUT2D eigenvalue weighted by Gasteiger charge is -2.33. The summed E-state index contributed by atoms with van der Waals surface area (Å²) in [5.74, 6) is 0.0503. The van der Waals surface area contributed by atoms with Crippen LogP contribution in [0.3, 0.4) is 0 Å². The van der Waals surface area contributed by atoms with Gasteiger partial charge in [0.15, 0.2) is 5.78 Å². The van der Waals surface area contributed by atoms with Gasteiger partial charge in [-0.05, 0) is 43.9 Å². The van der Waals surface area contributed by atoms with E-state index in [9.17, 15) is 14.9 Å². The molecule has 5 nitrogen and oxygen atoms in total. The van der Waals surface area contributed by atoms with Crippen molar-refractivity contribution < 1.29 is 9.59 Å². The van der Waals surface area contributed by atoms with E-state index in [1.165, 1.54) is 6.92 Å². The third kappa shape index (κ3) is 3.60. The fourth-order valence-corrected chi connectivity index (χ4v) is 2.77. The zero-order valence-corrected chi connectivity index (χ0v) is 12.1. The van der Waals surface area contributed by atoms with Crippen molar-refractivity contribution in [1.29, 1.82) is 5.26 Å². The first-order chi connectivity index (χ1) is 10.0. The molecule has 0 aliphatic carbocycles. The molecule has 1 aliphatic heterocycles. The Kier molecular flexibility index (Phi) is 4.59. The topological polar surface area (TPSA) is 87.2 Å². The van der Waals surface area contributed by atoms with Gasteiger partial charge in [0, 0.05) is 25.1 Å². The number of benzene rings is 1. The number of carbonyl (C=O) groups excluding carboxylic acids is 2. The highest BCUT2D eigenvalue weighted by Crippen LogP contribution is 2.28. The van der Waals surface area contributed by atoms with Crippen molar-refractivity contribution in [3.05, 3.63) is 29.3 Å². The summed E-state index contributed by atoms with van der Waals surface area (Å²) < 4.78 is 0. The summed E-state index contributed by atoms with van der Waals surface area (Å²) in [5, 5.41) is 9.23. The van der Waals surface area contributed by atoms with E-state index in [0.717, 1.165) is 31.6 Å². The van der Waals surface area contributed by atoms with Gasteiger partial charge in [-0.25, -0.2) is 0 Å². The first-order valence-electron chi connectivity index (χ1n) is 7.09. The molecule has 0 bridgehead atoms. The van der Waals surface area contributed by atoms with Gasteiger partial charge in [0.2, 0.25) is 5.91 Å². The van der Waals surface area contributed by atoms with Crippen molar-refractivity contribution in [3.8, 4) is 6.07 Å². The molecule has 0 radical (unpaired) electrons. The molecule has 1 aromatic rings. The summed E-state index contributed by atoms with van der Waals surface area (Å²) in [4.78, 5) is 24.6. The van der Waals surface area contributed by atoms with E-state index in [1.54, 1.807) is 18.2 Å². The van der Waals surface area contributed by atoms with Crippen LogP contribution in [-0.2, 0) is 4.79 Å². The molecule has 2 N–H and O–H groups in total. The van der Waals surface area contributed by atoms with Crippen LogP contribution in [0, 0.1) is 17.2 Å². The number of carbonyl (C=O) groups is 2. The Morgan fingerprint density at radius 3 is 2.57 bits per heavy atom. The molecule has 1 heterocycles. The van der Waals surface area contributed by atoms with Crippen molar-refractivity contribution in [2.45, 2.75) is 26.2 Å². The number of amides is 1. The van der Waals surface area contributed by atoms with E-state index < -0.39 is 0 Å². The number of nitrogens with zero attached hydrogens (tertiary/aromatic N) is 2. The van der Waals surface area contributed by atoms with Gasteiger partial charge in [-0.2, -0.15) is 5.26 Å². The van der Waals surface area contributed by atoms with E-state index in [1.807, 2.05) is 0 Å². The van der Waals surface area contributed by atoms with Crippen LogP contribution in [-0.4, -0.2) is 24.8 Å². The fourth-order valence-electron chi connectivity index (χ4n) is 2.77. The van der Waals surface area contributed by atoms with Crippen LogP contribution >= 0.6 is 0 Å². The highest BCUT2D eigenvalue weighted by molar-refractivity contribution is 5.95. The molecule has 0 saturated carbocycles. The second kappa shape index (κ2) is 6.40. The molecule has 0 unspecified atom stereocenters. The minimum Gasteiger partial charge on any atom is -0.370 e. The fraction of sp³-hybridized carbons (Fsp3) is 0.438. The quantitative estimate of drug-likeness (QED) is 0.855. The zero-order chi connectivity index (χ0) is 15.4. The molecule has 2 rings (SSSR count). The second-order valence-corrected chi connectivity index (χ2v) is 5.50. The number of nitrogens with two attached hydrogens (primary N) is 1. The molecule has 1 aliphatic rings. The minimum atomic E-state index is -0.259. The Morgan fingerprint density at radius 2 is 2.05 bits per heavy atom. The van der Waals surface area contributed by atoms with Crippen molar-refractivity contribution in [2.75, 3.05) is 18.0 Å². The van der Waals surface area contributed by atoms with Crippen molar-refractivity contribution in [3.63, 3.8) is 0 Å². The standard InChI is InChI=1S/C16H19N3O2/c1-11(20)13-2-3-14(10-17)15(9-13)19-6-4-12(5-7-19)8-16(18)21/h2-3,9,12H,4-8H2,1H3,(H2,18,21). The molecular formula is C16H19N3O2. The Labute approximate surface area is 124 Å². The number of piperidine rings is 1. The largest absolute Gasteiger partial charge is 0.370 e. The monoisotopic (exact) mass is 285 g/mol. The van der Waals surface area contributed by atoms with E-state index in [2.05, 4.69) is 11.0 Å². The lowest BCUT2D eigenvalue weighted by atomic mass is 9.92. The lowest BCUT2D eigenvalue weighted by molar-refractivity contribution is -0.119. The van der Waals surface area contributed by atoms with Gasteiger partial charge in [-0.15, -0.1) is 0 Å². The van der Waals surface area contributed by atoms with Crippen molar-refractivity contribution in [1.82, 2.24) is 0 Å². The van der Waals surface area contributed by atoms with Gasteiger partial charge in [-0.1, -0.05) is 0 Å². The Balaban J connectivity index is 2.15. The van der Waals surface area contributed by atoms with Crippen LogP contribution in [0.5, 0.6) is 0 Å². The zero-order valence-electron chi connectivity index (χ0n) is 12.1. The Morgan fingerprint density at radius 1 is 1.38 bits per heavy atom. The first kappa shape index (κ1) is 15.0. The summed E-state index contributed by atoms with van der Waals surface area (Å²) in [7, 11) is 0. The normalized spacial score (nSPS) is 15.5. The number of ketones is 1. The summed E-state index contributed by atoms with van der Waals surface area (Å²) in [6.07, 6.45) is 2.17. The summed E-state index contributed by atoms with van der Waals surface area (Å²) in [5.41, 5.74) is 7.23. The minimum absolute atomic E-state index is 0.00986. The number of anilines is 1. The van der Waals surface area contributed by atoms with Crippen LogP contribution in [0.2, 0.25) is 0 Å². The third-order valence-corrected chi connectivity index (χ3v) is 3.97. The predicted octanol–water partition coefficient (Wildman–Crippen LogP) is 1.85. The molecular weight excluding hydrogens is 266 g/mol. The molecule has 110 valence electrons. The summed E-state index contributed by atoms with van der Waals surface area (Å²) in [6, 6.07) is 7.34. The van der Waals surface area contributed by atoms with E-state index >= 15 is 0 Å². The highest BCUT2D eigenvalue weighted by atomic mass is 16.1. The van der Waals surface area contributed by atoms with Crippen molar-refractivity contribution in [2.24, 2.45) is 11.7 Å². The van der Waals surface area contributed by atoms with Gasteiger partial charge in [0.25, 0.3) is 0 Å². The first-order valence-corrected chi connectivity index (χ1v) is 7.09. The van der Waals surface area contributed by atoms with Gasteiger partial charge in [-0.3, -0.25) is 9.59 Å². The molecule has 0 atom stereocenters. The highest BCUT2D eigenvalue weighted by Gasteiger charge is 2.22. The Hall–Kier alpha value is -2.35. The van der Waals surface area contributed by atoms with Crippen LogP contribution in [0.15, 0.2) is 18.2 Å². The van der Waals surface area contributed by atoms with Crippen LogP contribution < -0.4 is 10.6 Å². The number of rotatable bonds is 4. The third-order valence-electron chi connectivity index (χ3n) is 3.97. The summed E-state index contributed by atoms with van der Waals surface area (Å²) >= 11 is 0. The van der Waals surface area contributed by atoms with Crippen LogP contribution in [0.1, 0.15) is 42.1 Å². The lowest BCUT2D eigenvalue weighted by Crippen LogP contribution is -2.35. The van der Waals surface area contributed by atoms with E-state index in [4.69, 9.17) is 5.73 Å². The second-order valence-electron chi connectivity index (χ2n) is 5.50. The average Bonchev–Trinajstić information content (AvgIpc) is 2.46. The van der Waals surface area contributed by atoms with E-state index in [-0.39, 0.29) is 11.7 Å². The molecule has 0 aromatic heterocycles. The van der Waals surface area contributed by atoms with Crippen LogP contribution in [0.25, 0.3) is 0 Å². The van der Waals surface area contributed by atoms with Crippen LogP contribution in [0.4, 0.5) is 5.69 Å². The molecule has 1 fully saturated rings. The maximum atomic E-state index is 11.5. The van der Waals surface area contributed by atoms with E-state index in [0.29, 0.717) is 23.5 Å². The van der Waals surface area contributed by atoms with Gasteiger partial charge >= 0.3 is 0 Å². The Bertz CT molecular complexity index is 596. The SMILES string of the molecule is CC(=O)c1ccc(C#N)c(N2CCC(CC(N)=O)CC2)c1. The molecule has 1 amide bonds. The number of hydrogen-bond acceptors (Lipinski definition) is 4. The average molecular weight is 285 g/mol. The number of hydrogen-bond donors (Lipinski definition) is 1. The maximum Gasteiger partial charge on any atom is 0.217 e. The molecule has 21 heavy (non-hydrogen) atoms. The number of nitriles is 1. The number of primary amides is 1. The molecule has 1 saturated heterocycles. The van der Waals surface area contributed by atoms with Gasteiger partial charge in [0.1, 0.15) is 6.07 Å². The van der Waals surface area contributed by atoms with Gasteiger partial charge < -0.3 is 10.6 Å². The predicted molar refractivity (Wildman–Crippen MR) is 79.9 cm³/mol. The molecule has 0 spiro atoms. The van der Waals surface area contributed by atoms with Gasteiger partial charge in [0.05, 0.1) is 11.3 Å².